The number of rotatable bonds is 18. The first-order chi connectivity index (χ1) is 31.9. The molecule has 2 aromatic carbocycles. The molecule has 4 heterocycles. The molecule has 19 heteroatoms. The summed E-state index contributed by atoms with van der Waals surface area (Å²) in [5, 5.41) is 33.0. The van der Waals surface area contributed by atoms with Gasteiger partial charge in [0.15, 0.2) is 11.3 Å². The number of amides is 3. The van der Waals surface area contributed by atoms with E-state index in [9.17, 15) is 19.2 Å². The number of ether oxygens (including phenoxy) is 4. The standard InChI is InChI=1S/C24H31N5O4.C15H24N2O3.C9H9N3O2/c1-24(2,3)33-23(31)26-14-7-15-29(17-8-5-9-18(16-17)32-4)21(30)12-11-20-19-10-6-13-25-22(19)28-27-20;1-15(2,3)20-14(18)17-10-6-9-16-12-7-5-8-13(11-12)19-4;13-8(14)4-3-7-6-2-1-5-10-9(6)12-11-7/h5-6,8-10,13,16H,7,11-12,14-15H2,1-4H3,(H,26,31)(H,25,27,28);5,7-8,11,16H,6,9-10H2,1-4H3,(H,17,18);1-2,5H,3-4H2,(H,13,14)(H,10,11,12). The number of carboxylic acids is 1. The molecule has 0 aliphatic rings. The summed E-state index contributed by atoms with van der Waals surface area (Å²) in [5.74, 6) is 0.647. The zero-order valence-corrected chi connectivity index (χ0v) is 39.6. The largest absolute Gasteiger partial charge is 0.497 e. The molecule has 0 bridgehead atoms. The molecule has 0 radical (unpaired) electrons. The van der Waals surface area contributed by atoms with Gasteiger partial charge in [0.2, 0.25) is 5.91 Å². The number of aromatic amines is 2. The lowest BCUT2D eigenvalue weighted by Gasteiger charge is -2.24. The molecule has 0 saturated heterocycles. The highest BCUT2D eigenvalue weighted by Crippen LogP contribution is 2.23. The van der Waals surface area contributed by atoms with Crippen molar-refractivity contribution in [3.05, 3.63) is 96.6 Å². The lowest BCUT2D eigenvalue weighted by Crippen LogP contribution is -2.36. The quantitative estimate of drug-likeness (QED) is 0.0450. The highest BCUT2D eigenvalue weighted by Gasteiger charge is 2.20. The normalized spacial score (nSPS) is 11.0. The number of H-pyrrole nitrogens is 2. The Hall–Kier alpha value is -7.44. The lowest BCUT2D eigenvalue weighted by atomic mass is 10.1. The molecule has 0 atom stereocenters. The monoisotopic (exact) mass is 924 g/mol. The minimum Gasteiger partial charge on any atom is -0.497 e. The highest BCUT2D eigenvalue weighted by atomic mass is 16.6. The van der Waals surface area contributed by atoms with Gasteiger partial charge in [-0.2, -0.15) is 10.2 Å². The average molecular weight is 925 g/mol. The molecular weight excluding hydrogens is 861 g/mol. The third-order valence-corrected chi connectivity index (χ3v) is 9.31. The van der Waals surface area contributed by atoms with Crippen LogP contribution in [0.5, 0.6) is 11.5 Å². The number of carbonyl (C=O) groups is 4. The number of fused-ring (bicyclic) bond motifs is 2. The van der Waals surface area contributed by atoms with Crippen molar-refractivity contribution in [2.45, 2.75) is 91.3 Å². The van der Waals surface area contributed by atoms with E-state index in [1.165, 1.54) is 0 Å². The van der Waals surface area contributed by atoms with Crippen molar-refractivity contribution in [3.63, 3.8) is 0 Å². The third-order valence-electron chi connectivity index (χ3n) is 9.31. The molecule has 6 rings (SSSR count). The van der Waals surface area contributed by atoms with Gasteiger partial charge in [-0.3, -0.25) is 19.8 Å². The Morgan fingerprint density at radius 1 is 0.657 bits per heavy atom. The van der Waals surface area contributed by atoms with Crippen molar-refractivity contribution in [1.82, 2.24) is 41.0 Å². The molecule has 0 fully saturated rings. The second kappa shape index (κ2) is 25.9. The minimum atomic E-state index is -0.809. The maximum absolute atomic E-state index is 13.2. The summed E-state index contributed by atoms with van der Waals surface area (Å²) in [6.45, 7) is 13.1. The first kappa shape index (κ1) is 52.2. The van der Waals surface area contributed by atoms with Crippen LogP contribution in [0.2, 0.25) is 0 Å². The van der Waals surface area contributed by atoms with Crippen LogP contribution in [0.25, 0.3) is 22.1 Å². The highest BCUT2D eigenvalue weighted by molar-refractivity contribution is 5.94. The Balaban J connectivity index is 0.000000243. The summed E-state index contributed by atoms with van der Waals surface area (Å²) in [7, 11) is 3.23. The van der Waals surface area contributed by atoms with Gasteiger partial charge in [-0.1, -0.05) is 12.1 Å². The van der Waals surface area contributed by atoms with Gasteiger partial charge in [0, 0.05) is 97.1 Å². The lowest BCUT2D eigenvalue weighted by molar-refractivity contribution is -0.137. The van der Waals surface area contributed by atoms with Crippen LogP contribution in [0.15, 0.2) is 85.2 Å². The van der Waals surface area contributed by atoms with Gasteiger partial charge in [-0.25, -0.2) is 19.6 Å². The van der Waals surface area contributed by atoms with E-state index in [4.69, 9.17) is 24.1 Å². The van der Waals surface area contributed by atoms with E-state index in [0.717, 1.165) is 52.3 Å². The molecule has 67 heavy (non-hydrogen) atoms. The van der Waals surface area contributed by atoms with Crippen molar-refractivity contribution >= 4 is 57.5 Å². The number of carboxylic acid groups (broad SMARTS) is 1. The van der Waals surface area contributed by atoms with Crippen LogP contribution >= 0.6 is 0 Å². The fraction of sp³-hybridized carbons (Fsp3) is 0.417. The van der Waals surface area contributed by atoms with Crippen LogP contribution < -0.4 is 30.3 Å². The molecule has 4 aromatic heterocycles. The van der Waals surface area contributed by atoms with Gasteiger partial charge in [0.05, 0.1) is 20.6 Å². The van der Waals surface area contributed by atoms with Gasteiger partial charge in [-0.05, 0) is 109 Å². The number of pyridine rings is 2. The number of hydrogen-bond donors (Lipinski definition) is 6. The fourth-order valence-corrected chi connectivity index (χ4v) is 6.26. The van der Waals surface area contributed by atoms with Crippen LogP contribution in [-0.2, 0) is 31.9 Å². The minimum absolute atomic E-state index is 0.0350. The van der Waals surface area contributed by atoms with E-state index in [1.54, 1.807) is 31.5 Å². The summed E-state index contributed by atoms with van der Waals surface area (Å²) in [5.41, 5.74) is 3.71. The molecule has 0 unspecified atom stereocenters. The van der Waals surface area contributed by atoms with Gasteiger partial charge in [0.1, 0.15) is 22.7 Å². The number of aliphatic carboxylic acids is 1. The molecule has 6 N–H and O–H groups in total. The fourth-order valence-electron chi connectivity index (χ4n) is 6.26. The van der Waals surface area contributed by atoms with Gasteiger partial charge < -0.3 is 44.9 Å². The molecule has 0 spiro atoms. The number of anilines is 2. The van der Waals surface area contributed by atoms with Crippen LogP contribution in [-0.4, -0.2) is 111 Å². The van der Waals surface area contributed by atoms with E-state index >= 15 is 0 Å². The predicted molar refractivity (Wildman–Crippen MR) is 257 cm³/mol. The summed E-state index contributed by atoms with van der Waals surface area (Å²) in [6.07, 6.45) is 5.25. The predicted octanol–water partition coefficient (Wildman–Crippen LogP) is 7.84. The second-order valence-electron chi connectivity index (χ2n) is 17.0. The van der Waals surface area contributed by atoms with Crippen LogP contribution in [0, 0.1) is 0 Å². The van der Waals surface area contributed by atoms with Gasteiger partial charge in [0.25, 0.3) is 0 Å². The van der Waals surface area contributed by atoms with E-state index in [2.05, 4.69) is 46.3 Å². The second-order valence-corrected chi connectivity index (χ2v) is 17.0. The van der Waals surface area contributed by atoms with Crippen molar-refractivity contribution in [3.8, 4) is 11.5 Å². The van der Waals surface area contributed by atoms with Crippen molar-refractivity contribution in [1.29, 1.82) is 0 Å². The number of hydrogen-bond acceptors (Lipinski definition) is 13. The smallest absolute Gasteiger partial charge is 0.407 e. The van der Waals surface area contributed by atoms with Crippen molar-refractivity contribution in [2.75, 3.05) is 50.6 Å². The number of methoxy groups -OCH3 is 2. The maximum Gasteiger partial charge on any atom is 0.407 e. The SMILES string of the molecule is COc1cccc(N(CCCNC(=O)OC(C)(C)C)C(=O)CCc2[nH]nc3ncccc23)c1.COc1cccc(NCCCNC(=O)OC(C)(C)C)c1.O=C(O)CCc1[nH]nc2ncccc12. The number of alkyl carbamates (subject to hydrolysis) is 2. The maximum atomic E-state index is 13.2. The third kappa shape index (κ3) is 18.9. The molecule has 0 saturated carbocycles. The first-order valence-electron chi connectivity index (χ1n) is 22.0. The Bertz CT molecular complexity index is 2490. The zero-order valence-electron chi connectivity index (χ0n) is 39.6. The van der Waals surface area contributed by atoms with E-state index in [1.807, 2.05) is 114 Å². The number of aromatic nitrogens is 6. The molecule has 0 aliphatic carbocycles. The van der Waals surface area contributed by atoms with E-state index in [0.29, 0.717) is 62.4 Å². The van der Waals surface area contributed by atoms with E-state index < -0.39 is 23.3 Å². The summed E-state index contributed by atoms with van der Waals surface area (Å²) < 4.78 is 20.9. The average Bonchev–Trinajstić information content (AvgIpc) is 3.91. The van der Waals surface area contributed by atoms with Crippen LogP contribution in [0.3, 0.4) is 0 Å². The number of aryl methyl sites for hydroxylation is 2. The van der Waals surface area contributed by atoms with Crippen molar-refractivity contribution in [2.24, 2.45) is 0 Å². The molecule has 6 aromatic rings. The molecule has 3 amide bonds. The number of benzene rings is 2. The Morgan fingerprint density at radius 2 is 1.18 bits per heavy atom. The van der Waals surface area contributed by atoms with E-state index in [-0.39, 0.29) is 18.4 Å². The summed E-state index contributed by atoms with van der Waals surface area (Å²) >= 11 is 0. The van der Waals surface area contributed by atoms with Gasteiger partial charge >= 0.3 is 18.2 Å². The molecule has 360 valence electrons. The Kier molecular flexibility index (Phi) is 20.2. The van der Waals surface area contributed by atoms with Crippen molar-refractivity contribution < 1.29 is 43.2 Å². The molecule has 0 aliphatic heterocycles. The molecular formula is C48H64N10O9. The summed E-state index contributed by atoms with van der Waals surface area (Å²) in [4.78, 5) is 56.9. The first-order valence-corrected chi connectivity index (χ1v) is 22.0. The number of carbonyl (C=O) groups excluding carboxylic acids is 3. The molecule has 19 nitrogen and oxygen atoms in total. The zero-order chi connectivity index (χ0) is 48.8. The number of nitrogens with one attached hydrogen (secondary N) is 5. The van der Waals surface area contributed by atoms with Crippen LogP contribution in [0.4, 0.5) is 21.0 Å². The topological polar surface area (TPSA) is 248 Å². The van der Waals surface area contributed by atoms with Crippen LogP contribution in [0.1, 0.15) is 78.6 Å². The van der Waals surface area contributed by atoms with Gasteiger partial charge in [-0.15, -0.1) is 0 Å². The Labute approximate surface area is 390 Å². The Morgan fingerprint density at radius 3 is 1.72 bits per heavy atom. The summed E-state index contributed by atoms with van der Waals surface area (Å²) in [6, 6.07) is 22.6. The number of nitrogens with zero attached hydrogens (tertiary/aromatic N) is 5.